The third kappa shape index (κ3) is 2.81. The van der Waals surface area contributed by atoms with E-state index in [-0.39, 0.29) is 11.2 Å². The van der Waals surface area contributed by atoms with Crippen LogP contribution in [0, 0.1) is 5.82 Å². The van der Waals surface area contributed by atoms with Gasteiger partial charge in [0.1, 0.15) is 5.82 Å². The van der Waals surface area contributed by atoms with Gasteiger partial charge in [-0.3, -0.25) is 4.98 Å². The molecule has 5 rings (SSSR count). The Morgan fingerprint density at radius 1 is 0.655 bits per heavy atom. The van der Waals surface area contributed by atoms with Crippen LogP contribution in [0.15, 0.2) is 79.0 Å². The molecule has 0 N–H and O–H groups in total. The zero-order valence-electron chi connectivity index (χ0n) is 15.0. The first-order valence-corrected chi connectivity index (χ1v) is 9.00. The Kier molecular flexibility index (Phi) is 3.81. The van der Waals surface area contributed by atoms with Gasteiger partial charge in [-0.25, -0.2) is 4.39 Å². The number of benzene rings is 4. The zero-order chi connectivity index (χ0) is 20.2. The Bertz CT molecular complexity index is 1400. The van der Waals surface area contributed by atoms with Gasteiger partial charge in [0.05, 0.1) is 11.3 Å². The average molecular weight is 391 g/mol. The fourth-order valence-electron chi connectivity index (χ4n) is 3.90. The normalized spacial score (nSPS) is 12.1. The fraction of sp³-hybridized carbons (Fsp3) is 0.0417. The van der Waals surface area contributed by atoms with Crippen molar-refractivity contribution in [2.75, 3.05) is 0 Å². The van der Waals surface area contributed by atoms with E-state index >= 15 is 0 Å². The molecule has 142 valence electrons. The summed E-state index contributed by atoms with van der Waals surface area (Å²) >= 11 is 0. The molecule has 1 heterocycles. The van der Waals surface area contributed by atoms with Crippen molar-refractivity contribution in [3.05, 3.63) is 90.4 Å². The van der Waals surface area contributed by atoms with Crippen LogP contribution in [0.2, 0.25) is 0 Å². The molecule has 0 radical (unpaired) electrons. The Labute approximate surface area is 163 Å². The van der Waals surface area contributed by atoms with Crippen LogP contribution < -0.4 is 0 Å². The summed E-state index contributed by atoms with van der Waals surface area (Å²) in [7, 11) is 0. The second kappa shape index (κ2) is 6.27. The summed E-state index contributed by atoms with van der Waals surface area (Å²) in [5.41, 5.74) is 0.110. The second-order valence-corrected chi connectivity index (χ2v) is 6.90. The van der Waals surface area contributed by atoms with Crippen molar-refractivity contribution in [3.63, 3.8) is 0 Å². The van der Waals surface area contributed by atoms with Crippen molar-refractivity contribution in [1.29, 1.82) is 0 Å². The number of nitrogens with zero attached hydrogens (tertiary/aromatic N) is 1. The summed E-state index contributed by atoms with van der Waals surface area (Å²) in [6.07, 6.45) is -2.94. The molecule has 0 spiro atoms. The van der Waals surface area contributed by atoms with E-state index in [0.29, 0.717) is 32.8 Å². The molecule has 5 heteroatoms. The lowest BCUT2D eigenvalue weighted by atomic mass is 9.95. The van der Waals surface area contributed by atoms with E-state index in [9.17, 15) is 17.6 Å². The molecule has 1 aromatic heterocycles. The lowest BCUT2D eigenvalue weighted by Gasteiger charge is -2.14. The van der Waals surface area contributed by atoms with Gasteiger partial charge in [0.25, 0.3) is 0 Å². The van der Waals surface area contributed by atoms with E-state index < -0.39 is 11.7 Å². The van der Waals surface area contributed by atoms with Crippen LogP contribution in [0.5, 0.6) is 0 Å². The summed E-state index contributed by atoms with van der Waals surface area (Å²) in [6.45, 7) is 0. The Balaban J connectivity index is 1.86. The maximum Gasteiger partial charge on any atom is 0.417 e. The number of fused-ring (bicyclic) bond motifs is 4. The van der Waals surface area contributed by atoms with Crippen LogP contribution in [0.3, 0.4) is 0 Å². The maximum atomic E-state index is 14.2. The van der Waals surface area contributed by atoms with Crippen molar-refractivity contribution in [1.82, 2.24) is 4.98 Å². The Morgan fingerprint density at radius 3 is 2.21 bits per heavy atom. The lowest BCUT2D eigenvalue weighted by molar-refractivity contribution is -0.136. The second-order valence-electron chi connectivity index (χ2n) is 6.90. The molecule has 0 fully saturated rings. The van der Waals surface area contributed by atoms with Crippen LogP contribution in [0.4, 0.5) is 17.6 Å². The quantitative estimate of drug-likeness (QED) is 0.215. The molecule has 0 bridgehead atoms. The van der Waals surface area contributed by atoms with Gasteiger partial charge in [0.2, 0.25) is 0 Å². The van der Waals surface area contributed by atoms with Crippen LogP contribution in [-0.4, -0.2) is 4.98 Å². The van der Waals surface area contributed by atoms with Gasteiger partial charge in [-0.15, -0.1) is 0 Å². The van der Waals surface area contributed by atoms with Gasteiger partial charge in [-0.1, -0.05) is 48.5 Å². The first-order valence-electron chi connectivity index (χ1n) is 9.00. The molecule has 0 amide bonds. The van der Waals surface area contributed by atoms with Gasteiger partial charge in [-0.2, -0.15) is 13.2 Å². The molecule has 0 aliphatic rings. The molecule has 0 aliphatic carbocycles. The minimum absolute atomic E-state index is 0.150. The van der Waals surface area contributed by atoms with E-state index in [1.54, 1.807) is 60.8 Å². The molecular weight excluding hydrogens is 378 g/mol. The van der Waals surface area contributed by atoms with Gasteiger partial charge in [0, 0.05) is 22.5 Å². The third-order valence-corrected chi connectivity index (χ3v) is 5.19. The number of halogens is 4. The van der Waals surface area contributed by atoms with E-state index in [0.717, 1.165) is 11.5 Å². The highest BCUT2D eigenvalue weighted by Gasteiger charge is 2.33. The number of alkyl halides is 3. The van der Waals surface area contributed by atoms with Crippen molar-refractivity contribution in [2.24, 2.45) is 0 Å². The molecule has 4 aromatic carbocycles. The minimum Gasteiger partial charge on any atom is -0.256 e. The SMILES string of the molecule is Fc1cccc2c1ccc1c(-c3cc(C(F)(F)F)c4ccccc4c3)nccc12. The first-order chi connectivity index (χ1) is 13.9. The molecule has 29 heavy (non-hydrogen) atoms. The summed E-state index contributed by atoms with van der Waals surface area (Å²) in [4.78, 5) is 4.38. The maximum absolute atomic E-state index is 14.2. The molecule has 0 saturated heterocycles. The standard InChI is InChI=1S/C24H13F4N/c25-22-7-3-6-17-18-10-11-29-23(20(18)9-8-19(17)22)15-12-14-4-1-2-5-16(14)21(13-15)24(26,27)28/h1-13H. The number of hydrogen-bond donors (Lipinski definition) is 0. The zero-order valence-corrected chi connectivity index (χ0v) is 15.0. The summed E-state index contributed by atoms with van der Waals surface area (Å²) in [5, 5.41) is 3.22. The van der Waals surface area contributed by atoms with Gasteiger partial charge in [-0.05, 0) is 45.8 Å². The number of rotatable bonds is 1. The smallest absolute Gasteiger partial charge is 0.256 e. The van der Waals surface area contributed by atoms with E-state index in [2.05, 4.69) is 4.98 Å². The van der Waals surface area contributed by atoms with Crippen molar-refractivity contribution < 1.29 is 17.6 Å². The van der Waals surface area contributed by atoms with E-state index in [1.165, 1.54) is 12.1 Å². The molecule has 0 unspecified atom stereocenters. The van der Waals surface area contributed by atoms with Gasteiger partial charge in [0.15, 0.2) is 0 Å². The predicted molar refractivity (Wildman–Crippen MR) is 107 cm³/mol. The number of aromatic nitrogens is 1. The molecule has 0 aliphatic heterocycles. The fourth-order valence-corrected chi connectivity index (χ4v) is 3.90. The Hall–Kier alpha value is -3.47. The van der Waals surface area contributed by atoms with Crippen molar-refractivity contribution in [2.45, 2.75) is 6.18 Å². The lowest BCUT2D eigenvalue weighted by Crippen LogP contribution is -2.06. The van der Waals surface area contributed by atoms with E-state index in [1.807, 2.05) is 0 Å². The van der Waals surface area contributed by atoms with Crippen LogP contribution in [0.1, 0.15) is 5.56 Å². The highest BCUT2D eigenvalue weighted by molar-refractivity contribution is 6.11. The average Bonchev–Trinajstić information content (AvgIpc) is 2.72. The minimum atomic E-state index is -4.49. The molecular formula is C24H13F4N. The topological polar surface area (TPSA) is 12.9 Å². The Morgan fingerprint density at radius 2 is 1.38 bits per heavy atom. The van der Waals surface area contributed by atoms with Gasteiger partial charge >= 0.3 is 6.18 Å². The number of pyridine rings is 1. The monoisotopic (exact) mass is 391 g/mol. The highest BCUT2D eigenvalue weighted by Crippen LogP contribution is 2.39. The summed E-state index contributed by atoms with van der Waals surface area (Å²) < 4.78 is 55.3. The summed E-state index contributed by atoms with van der Waals surface area (Å²) in [5.74, 6) is -0.340. The number of hydrogen-bond acceptors (Lipinski definition) is 1. The largest absolute Gasteiger partial charge is 0.417 e. The van der Waals surface area contributed by atoms with Crippen molar-refractivity contribution in [3.8, 4) is 11.3 Å². The van der Waals surface area contributed by atoms with Crippen LogP contribution >= 0.6 is 0 Å². The molecule has 5 aromatic rings. The van der Waals surface area contributed by atoms with Gasteiger partial charge < -0.3 is 0 Å². The molecule has 0 atom stereocenters. The third-order valence-electron chi connectivity index (χ3n) is 5.19. The van der Waals surface area contributed by atoms with Crippen molar-refractivity contribution >= 4 is 32.3 Å². The molecule has 1 nitrogen and oxygen atoms in total. The highest BCUT2D eigenvalue weighted by atomic mass is 19.4. The first kappa shape index (κ1) is 17.6. The van der Waals surface area contributed by atoms with E-state index in [4.69, 9.17) is 0 Å². The predicted octanol–water partition coefficient (Wildman–Crippen LogP) is 7.37. The summed E-state index contributed by atoms with van der Waals surface area (Å²) in [6, 6.07) is 19.2. The molecule has 0 saturated carbocycles. The van der Waals surface area contributed by atoms with Crippen LogP contribution in [-0.2, 0) is 6.18 Å². The van der Waals surface area contributed by atoms with Crippen LogP contribution in [0.25, 0.3) is 43.6 Å².